The number of nitrogens with zero attached hydrogens (tertiary/aromatic N) is 1. The second kappa shape index (κ2) is 5.60. The predicted octanol–water partition coefficient (Wildman–Crippen LogP) is 2.31. The van der Waals surface area contributed by atoms with Gasteiger partial charge in [-0.05, 0) is 18.1 Å². The Morgan fingerprint density at radius 2 is 2.29 bits per heavy atom. The van der Waals surface area contributed by atoms with E-state index in [2.05, 4.69) is 11.9 Å². The van der Waals surface area contributed by atoms with Crippen LogP contribution in [0.5, 0.6) is 5.88 Å². The fraction of sp³-hybridized carbons (Fsp3) is 0.545. The van der Waals surface area contributed by atoms with E-state index in [1.165, 1.54) is 0 Å². The van der Waals surface area contributed by atoms with Crippen LogP contribution in [0.3, 0.4) is 0 Å². The van der Waals surface area contributed by atoms with E-state index in [-0.39, 0.29) is 0 Å². The lowest BCUT2D eigenvalue weighted by Crippen LogP contribution is -1.98. The molecule has 0 radical (unpaired) electrons. The van der Waals surface area contributed by atoms with Crippen LogP contribution >= 0.6 is 0 Å². The lowest BCUT2D eigenvalue weighted by atomic mass is 10.1. The van der Waals surface area contributed by atoms with Crippen molar-refractivity contribution in [2.75, 3.05) is 7.11 Å². The molecule has 0 aromatic carbocycles. The molecule has 0 amide bonds. The Balaban J connectivity index is 2.57. The van der Waals surface area contributed by atoms with Crippen molar-refractivity contribution < 1.29 is 9.84 Å². The zero-order chi connectivity index (χ0) is 10.4. The molecule has 1 N–H and O–H groups in total. The van der Waals surface area contributed by atoms with Gasteiger partial charge in [-0.15, -0.1) is 0 Å². The van der Waals surface area contributed by atoms with Crippen molar-refractivity contribution in [2.45, 2.75) is 32.3 Å². The molecule has 14 heavy (non-hydrogen) atoms. The number of unbranched alkanes of at least 4 members (excludes halogenated alkanes) is 1. The highest BCUT2D eigenvalue weighted by Gasteiger charge is 2.06. The number of pyridine rings is 1. The van der Waals surface area contributed by atoms with Crippen molar-refractivity contribution in [3.63, 3.8) is 0 Å². The summed E-state index contributed by atoms with van der Waals surface area (Å²) in [5.74, 6) is 0.580. The second-order valence-electron chi connectivity index (χ2n) is 3.29. The molecule has 0 spiro atoms. The number of hydrogen-bond donors (Lipinski definition) is 1. The van der Waals surface area contributed by atoms with Gasteiger partial charge >= 0.3 is 0 Å². The van der Waals surface area contributed by atoms with Crippen molar-refractivity contribution in [1.29, 1.82) is 0 Å². The first kappa shape index (κ1) is 11.0. The van der Waals surface area contributed by atoms with Gasteiger partial charge in [0.25, 0.3) is 0 Å². The minimum absolute atomic E-state index is 0.395. The van der Waals surface area contributed by atoms with E-state index in [9.17, 15) is 5.11 Å². The van der Waals surface area contributed by atoms with Gasteiger partial charge in [0, 0.05) is 12.3 Å². The first-order chi connectivity index (χ1) is 6.77. The summed E-state index contributed by atoms with van der Waals surface area (Å²) in [4.78, 5) is 4.04. The van der Waals surface area contributed by atoms with Crippen LogP contribution in [-0.2, 0) is 0 Å². The lowest BCUT2D eigenvalue weighted by Gasteiger charge is -2.09. The van der Waals surface area contributed by atoms with Gasteiger partial charge < -0.3 is 9.84 Å². The van der Waals surface area contributed by atoms with Gasteiger partial charge in [-0.1, -0.05) is 19.8 Å². The fourth-order valence-electron chi connectivity index (χ4n) is 1.27. The van der Waals surface area contributed by atoms with Gasteiger partial charge in [-0.25, -0.2) is 4.98 Å². The Morgan fingerprint density at radius 3 is 2.79 bits per heavy atom. The zero-order valence-electron chi connectivity index (χ0n) is 8.73. The van der Waals surface area contributed by atoms with Crippen LogP contribution in [0.25, 0.3) is 0 Å². The van der Waals surface area contributed by atoms with Crippen LogP contribution in [0, 0.1) is 0 Å². The van der Waals surface area contributed by atoms with Gasteiger partial charge in [-0.2, -0.15) is 0 Å². The van der Waals surface area contributed by atoms with E-state index in [0.29, 0.717) is 5.88 Å². The van der Waals surface area contributed by atoms with Crippen molar-refractivity contribution >= 4 is 0 Å². The van der Waals surface area contributed by atoms with Crippen molar-refractivity contribution in [3.8, 4) is 5.88 Å². The van der Waals surface area contributed by atoms with Crippen LogP contribution in [-0.4, -0.2) is 17.2 Å². The predicted molar refractivity (Wildman–Crippen MR) is 55.3 cm³/mol. The molecule has 1 aromatic heterocycles. The molecular weight excluding hydrogens is 178 g/mol. The summed E-state index contributed by atoms with van der Waals surface area (Å²) in [6, 6.07) is 3.62. The van der Waals surface area contributed by atoms with Crippen molar-refractivity contribution in [1.82, 2.24) is 4.98 Å². The normalized spacial score (nSPS) is 12.5. The van der Waals surface area contributed by atoms with E-state index in [1.807, 2.05) is 6.07 Å². The molecule has 0 aliphatic carbocycles. The molecule has 0 aliphatic rings. The number of aliphatic hydroxyl groups is 1. The minimum atomic E-state index is -0.395. The summed E-state index contributed by atoms with van der Waals surface area (Å²) in [6.45, 7) is 2.11. The molecule has 0 aliphatic heterocycles. The number of ether oxygens (including phenoxy) is 1. The van der Waals surface area contributed by atoms with E-state index in [4.69, 9.17) is 4.74 Å². The SMILES string of the molecule is CCCC[C@@H](O)c1ccc(OC)nc1. The lowest BCUT2D eigenvalue weighted by molar-refractivity contribution is 0.163. The highest BCUT2D eigenvalue weighted by Crippen LogP contribution is 2.19. The molecule has 1 aromatic rings. The fourth-order valence-corrected chi connectivity index (χ4v) is 1.27. The third-order valence-electron chi connectivity index (χ3n) is 2.18. The van der Waals surface area contributed by atoms with Gasteiger partial charge in [0.05, 0.1) is 13.2 Å². The highest BCUT2D eigenvalue weighted by atomic mass is 16.5. The maximum Gasteiger partial charge on any atom is 0.212 e. The van der Waals surface area contributed by atoms with E-state index in [0.717, 1.165) is 24.8 Å². The number of rotatable bonds is 5. The Morgan fingerprint density at radius 1 is 1.50 bits per heavy atom. The van der Waals surface area contributed by atoms with E-state index >= 15 is 0 Å². The van der Waals surface area contributed by atoms with Crippen LogP contribution < -0.4 is 4.74 Å². The molecular formula is C11H17NO2. The maximum absolute atomic E-state index is 9.73. The average Bonchev–Trinajstić information content (AvgIpc) is 2.26. The summed E-state index contributed by atoms with van der Waals surface area (Å²) in [5, 5.41) is 9.73. The monoisotopic (exact) mass is 195 g/mol. The van der Waals surface area contributed by atoms with Gasteiger partial charge in [-0.3, -0.25) is 0 Å². The summed E-state index contributed by atoms with van der Waals surface area (Å²) in [5.41, 5.74) is 0.860. The summed E-state index contributed by atoms with van der Waals surface area (Å²) < 4.78 is 4.94. The number of aliphatic hydroxyl groups excluding tert-OH is 1. The molecule has 1 rings (SSSR count). The van der Waals surface area contributed by atoms with Crippen LogP contribution in [0.2, 0.25) is 0 Å². The quantitative estimate of drug-likeness (QED) is 0.784. The molecule has 1 heterocycles. The number of aromatic nitrogens is 1. The smallest absolute Gasteiger partial charge is 0.212 e. The van der Waals surface area contributed by atoms with Crippen molar-refractivity contribution in [2.24, 2.45) is 0 Å². The maximum atomic E-state index is 9.73. The van der Waals surface area contributed by atoms with Crippen molar-refractivity contribution in [3.05, 3.63) is 23.9 Å². The zero-order valence-corrected chi connectivity index (χ0v) is 8.73. The number of hydrogen-bond acceptors (Lipinski definition) is 3. The molecule has 3 heteroatoms. The minimum Gasteiger partial charge on any atom is -0.481 e. The largest absolute Gasteiger partial charge is 0.481 e. The first-order valence-corrected chi connectivity index (χ1v) is 4.96. The molecule has 0 unspecified atom stereocenters. The Hall–Kier alpha value is -1.09. The molecule has 0 saturated heterocycles. The molecule has 0 saturated carbocycles. The first-order valence-electron chi connectivity index (χ1n) is 4.96. The summed E-state index contributed by atoms with van der Waals surface area (Å²) in [6.07, 6.45) is 4.20. The molecule has 0 fully saturated rings. The van der Waals surface area contributed by atoms with Gasteiger partial charge in [0.2, 0.25) is 5.88 Å². The van der Waals surface area contributed by atoms with Crippen LogP contribution in [0.15, 0.2) is 18.3 Å². The Kier molecular flexibility index (Phi) is 4.40. The van der Waals surface area contributed by atoms with Gasteiger partial charge in [0.15, 0.2) is 0 Å². The standard InChI is InChI=1S/C11H17NO2/c1-3-4-5-10(13)9-6-7-11(14-2)12-8-9/h6-8,10,13H,3-5H2,1-2H3/t10-/m1/s1. The van der Waals surface area contributed by atoms with Crippen LogP contribution in [0.1, 0.15) is 37.9 Å². The van der Waals surface area contributed by atoms with E-state index in [1.54, 1.807) is 19.4 Å². The second-order valence-corrected chi connectivity index (χ2v) is 3.29. The highest BCUT2D eigenvalue weighted by molar-refractivity contribution is 5.19. The third kappa shape index (κ3) is 3.00. The third-order valence-corrected chi connectivity index (χ3v) is 2.18. The Bertz CT molecular complexity index is 258. The molecule has 1 atom stereocenters. The average molecular weight is 195 g/mol. The number of methoxy groups -OCH3 is 1. The van der Waals surface area contributed by atoms with Crippen LogP contribution in [0.4, 0.5) is 0 Å². The Labute approximate surface area is 84.7 Å². The summed E-state index contributed by atoms with van der Waals surface area (Å²) in [7, 11) is 1.58. The molecule has 3 nitrogen and oxygen atoms in total. The molecule has 0 bridgehead atoms. The topological polar surface area (TPSA) is 42.4 Å². The summed E-state index contributed by atoms with van der Waals surface area (Å²) >= 11 is 0. The van der Waals surface area contributed by atoms with Gasteiger partial charge in [0.1, 0.15) is 0 Å². The molecule has 78 valence electrons. The van der Waals surface area contributed by atoms with E-state index < -0.39 is 6.10 Å².